The molecule has 4 aromatic rings. The largest absolute Gasteiger partial charge is 0.495 e. The van der Waals surface area contributed by atoms with Crippen LogP contribution in [0, 0.1) is 0 Å². The summed E-state index contributed by atoms with van der Waals surface area (Å²) in [4.78, 5) is 13.7. The number of nitrogens with two attached hydrogens (primary N) is 1. The van der Waals surface area contributed by atoms with E-state index in [1.807, 2.05) is 30.3 Å². The van der Waals surface area contributed by atoms with E-state index < -0.39 is 0 Å². The Balaban J connectivity index is 1.51. The highest BCUT2D eigenvalue weighted by Gasteiger charge is 2.19. The van der Waals surface area contributed by atoms with Crippen LogP contribution in [0.3, 0.4) is 0 Å². The van der Waals surface area contributed by atoms with E-state index in [4.69, 9.17) is 20.2 Å². The van der Waals surface area contributed by atoms with E-state index in [0.29, 0.717) is 17.4 Å². The van der Waals surface area contributed by atoms with Crippen LogP contribution in [0.2, 0.25) is 0 Å². The number of aryl methyl sites for hydroxylation is 1. The normalized spacial score (nSPS) is 12.9. The molecule has 0 fully saturated rings. The Morgan fingerprint density at radius 1 is 1.17 bits per heavy atom. The molecule has 0 radical (unpaired) electrons. The van der Waals surface area contributed by atoms with Gasteiger partial charge in [0, 0.05) is 56.1 Å². The minimum Gasteiger partial charge on any atom is -0.495 e. The maximum atomic E-state index is 6.26. The molecule has 0 aliphatic carbocycles. The third-order valence-corrected chi connectivity index (χ3v) is 6.48. The standard InChI is InChI=1S/C27H33N7O2/c1-32(2)12-13-33(3)23-16-25(35-4)20(28)15-22(23)31-27-29-10-9-21(30-27)19-17-34-11-6-14-36-24-8-5-7-18(19)26(24)34/h5,7-10,15-17H,6,11-14,28H2,1-4H3,(H,29,30,31). The number of likely N-dealkylation sites (N-methyl/N-ethyl adjacent to an activating group) is 2. The number of methoxy groups -OCH3 is 1. The molecule has 36 heavy (non-hydrogen) atoms. The smallest absolute Gasteiger partial charge is 0.227 e. The van der Waals surface area contributed by atoms with Crippen LogP contribution in [0.4, 0.5) is 23.0 Å². The van der Waals surface area contributed by atoms with Gasteiger partial charge >= 0.3 is 0 Å². The van der Waals surface area contributed by atoms with Gasteiger partial charge in [-0.1, -0.05) is 12.1 Å². The molecule has 1 aliphatic rings. The lowest BCUT2D eigenvalue weighted by atomic mass is 10.1. The third kappa shape index (κ3) is 4.61. The number of aromatic nitrogens is 3. The first kappa shape index (κ1) is 23.7. The van der Waals surface area contributed by atoms with Crippen molar-refractivity contribution in [2.24, 2.45) is 0 Å². The second-order valence-electron chi connectivity index (χ2n) is 9.32. The zero-order valence-electron chi connectivity index (χ0n) is 21.3. The van der Waals surface area contributed by atoms with Crippen LogP contribution < -0.4 is 25.4 Å². The number of para-hydroxylation sites is 1. The van der Waals surface area contributed by atoms with Crippen LogP contribution in [0.1, 0.15) is 6.42 Å². The molecule has 1 aliphatic heterocycles. The van der Waals surface area contributed by atoms with Gasteiger partial charge in [-0.25, -0.2) is 9.97 Å². The molecule has 188 valence electrons. The van der Waals surface area contributed by atoms with E-state index in [1.54, 1.807) is 13.3 Å². The van der Waals surface area contributed by atoms with Gasteiger partial charge in [-0.3, -0.25) is 0 Å². The van der Waals surface area contributed by atoms with E-state index in [0.717, 1.165) is 71.9 Å². The first-order valence-corrected chi connectivity index (χ1v) is 12.1. The van der Waals surface area contributed by atoms with Crippen LogP contribution in [-0.4, -0.2) is 67.4 Å². The van der Waals surface area contributed by atoms with Gasteiger partial charge in [-0.2, -0.15) is 0 Å². The average molecular weight is 488 g/mol. The summed E-state index contributed by atoms with van der Waals surface area (Å²) in [5, 5.41) is 4.52. The fourth-order valence-electron chi connectivity index (χ4n) is 4.58. The average Bonchev–Trinajstić information content (AvgIpc) is 3.11. The second-order valence-corrected chi connectivity index (χ2v) is 9.32. The number of hydrogen-bond acceptors (Lipinski definition) is 8. The van der Waals surface area contributed by atoms with Crippen LogP contribution in [-0.2, 0) is 6.54 Å². The van der Waals surface area contributed by atoms with Crippen LogP contribution >= 0.6 is 0 Å². The van der Waals surface area contributed by atoms with Crippen LogP contribution in [0.25, 0.3) is 22.2 Å². The molecule has 9 nitrogen and oxygen atoms in total. The Morgan fingerprint density at radius 2 is 2.03 bits per heavy atom. The molecule has 0 spiro atoms. The summed E-state index contributed by atoms with van der Waals surface area (Å²) in [6.45, 7) is 3.38. The predicted octanol–water partition coefficient (Wildman–Crippen LogP) is 4.21. The van der Waals surface area contributed by atoms with E-state index in [-0.39, 0.29) is 0 Å². The van der Waals surface area contributed by atoms with E-state index in [2.05, 4.69) is 58.1 Å². The Kier molecular flexibility index (Phi) is 6.56. The lowest BCUT2D eigenvalue weighted by Crippen LogP contribution is -2.29. The molecular weight excluding hydrogens is 454 g/mol. The van der Waals surface area contributed by atoms with Crippen molar-refractivity contribution in [2.45, 2.75) is 13.0 Å². The molecular formula is C27H33N7O2. The van der Waals surface area contributed by atoms with Crippen molar-refractivity contribution in [2.75, 3.05) is 63.9 Å². The SMILES string of the molecule is COc1cc(N(C)CCN(C)C)c(Nc2nccc(-c3cn4c5c(cccc35)OCCC4)n2)cc1N. The monoisotopic (exact) mass is 487 g/mol. The van der Waals surface area contributed by atoms with Gasteiger partial charge in [-0.05, 0) is 38.7 Å². The van der Waals surface area contributed by atoms with Crippen molar-refractivity contribution in [1.29, 1.82) is 0 Å². The maximum absolute atomic E-state index is 6.26. The van der Waals surface area contributed by atoms with Gasteiger partial charge in [0.1, 0.15) is 11.5 Å². The van der Waals surface area contributed by atoms with Crippen molar-refractivity contribution in [3.63, 3.8) is 0 Å². The van der Waals surface area contributed by atoms with Crippen molar-refractivity contribution in [1.82, 2.24) is 19.4 Å². The minimum atomic E-state index is 0.500. The zero-order valence-corrected chi connectivity index (χ0v) is 21.3. The number of hydrogen-bond donors (Lipinski definition) is 2. The molecule has 0 bridgehead atoms. The summed E-state index contributed by atoms with van der Waals surface area (Å²) in [6.07, 6.45) is 4.92. The highest BCUT2D eigenvalue weighted by Crippen LogP contribution is 2.38. The summed E-state index contributed by atoms with van der Waals surface area (Å²) in [5.41, 5.74) is 11.6. The van der Waals surface area contributed by atoms with Crippen molar-refractivity contribution >= 4 is 33.9 Å². The topological polar surface area (TPSA) is 93.7 Å². The highest BCUT2D eigenvalue weighted by molar-refractivity contribution is 5.98. The van der Waals surface area contributed by atoms with Gasteiger partial charge < -0.3 is 34.9 Å². The highest BCUT2D eigenvalue weighted by atomic mass is 16.5. The summed E-state index contributed by atoms with van der Waals surface area (Å²) >= 11 is 0. The number of ether oxygens (including phenoxy) is 2. The first-order valence-electron chi connectivity index (χ1n) is 12.1. The first-order chi connectivity index (χ1) is 17.4. The zero-order chi connectivity index (χ0) is 25.2. The Hall–Kier alpha value is -3.98. The van der Waals surface area contributed by atoms with Crippen molar-refractivity contribution in [3.8, 4) is 22.8 Å². The van der Waals surface area contributed by atoms with E-state index >= 15 is 0 Å². The molecule has 5 rings (SSSR count). The fraction of sp³-hybridized carbons (Fsp3) is 0.333. The Morgan fingerprint density at radius 3 is 2.83 bits per heavy atom. The van der Waals surface area contributed by atoms with Gasteiger partial charge in [0.05, 0.1) is 42.0 Å². The Labute approximate surface area is 211 Å². The number of nitrogens with zero attached hydrogens (tertiary/aromatic N) is 5. The minimum absolute atomic E-state index is 0.500. The quantitative estimate of drug-likeness (QED) is 0.357. The number of anilines is 4. The molecule has 0 unspecified atom stereocenters. The summed E-state index contributed by atoms with van der Waals surface area (Å²) in [6, 6.07) is 12.0. The molecule has 3 heterocycles. The number of benzene rings is 2. The molecule has 9 heteroatoms. The molecule has 2 aromatic carbocycles. The third-order valence-electron chi connectivity index (χ3n) is 6.48. The van der Waals surface area contributed by atoms with Crippen molar-refractivity contribution in [3.05, 3.63) is 48.8 Å². The van der Waals surface area contributed by atoms with Gasteiger partial charge in [0.2, 0.25) is 5.95 Å². The second kappa shape index (κ2) is 9.94. The molecule has 3 N–H and O–H groups in total. The lowest BCUT2D eigenvalue weighted by molar-refractivity contribution is 0.316. The van der Waals surface area contributed by atoms with E-state index in [9.17, 15) is 0 Å². The molecule has 0 amide bonds. The molecule has 0 atom stereocenters. The van der Waals surface area contributed by atoms with Crippen molar-refractivity contribution < 1.29 is 9.47 Å². The lowest BCUT2D eigenvalue weighted by Gasteiger charge is -2.25. The van der Waals surface area contributed by atoms with Crippen LogP contribution in [0.5, 0.6) is 11.5 Å². The summed E-state index contributed by atoms with van der Waals surface area (Å²) < 4.78 is 13.7. The molecule has 0 saturated heterocycles. The van der Waals surface area contributed by atoms with Gasteiger partial charge in [0.15, 0.2) is 0 Å². The van der Waals surface area contributed by atoms with Gasteiger partial charge in [0.25, 0.3) is 0 Å². The van der Waals surface area contributed by atoms with Gasteiger partial charge in [-0.15, -0.1) is 0 Å². The number of nitrogens with one attached hydrogen (secondary N) is 1. The number of nitrogen functional groups attached to an aromatic ring is 1. The fourth-order valence-corrected chi connectivity index (χ4v) is 4.58. The summed E-state index contributed by atoms with van der Waals surface area (Å²) in [5.74, 6) is 2.05. The summed E-state index contributed by atoms with van der Waals surface area (Å²) in [7, 11) is 7.80. The molecule has 2 aromatic heterocycles. The Bertz CT molecular complexity index is 1380. The molecule has 0 saturated carbocycles. The van der Waals surface area contributed by atoms with E-state index in [1.165, 1.54) is 0 Å². The predicted molar refractivity (Wildman–Crippen MR) is 146 cm³/mol. The van der Waals surface area contributed by atoms with Crippen LogP contribution in [0.15, 0.2) is 48.8 Å². The maximum Gasteiger partial charge on any atom is 0.227 e. The number of rotatable bonds is 8.